The second-order valence-corrected chi connectivity index (χ2v) is 7.09. The second kappa shape index (κ2) is 14.0. The number of nitrogens with one attached hydrogen (secondary N) is 1. The Bertz CT molecular complexity index is 572. The molecule has 0 aromatic rings. The first kappa shape index (κ1) is 22.9. The standard InChI is InChI=1S/C23H35NO3/c1-3-5-7-9-10-11-12-13-14-16-19-22(26)20(18-21(25)23(19)27)24-17-15-8-6-4-2/h3-4,18,24,27H,1-2,5-17H2. The summed E-state index contributed by atoms with van der Waals surface area (Å²) in [5.74, 6) is -1.08. The molecule has 27 heavy (non-hydrogen) atoms. The fourth-order valence-electron chi connectivity index (χ4n) is 3.16. The molecule has 0 spiro atoms. The highest BCUT2D eigenvalue weighted by atomic mass is 16.3. The molecule has 0 amide bonds. The number of unbranched alkanes of at least 4 members (excludes halogenated alkanes) is 9. The molecule has 0 aliphatic heterocycles. The van der Waals surface area contributed by atoms with E-state index >= 15 is 0 Å². The van der Waals surface area contributed by atoms with Gasteiger partial charge in [0.05, 0.1) is 5.70 Å². The van der Waals surface area contributed by atoms with Crippen LogP contribution < -0.4 is 5.32 Å². The van der Waals surface area contributed by atoms with Gasteiger partial charge in [-0.05, 0) is 44.9 Å². The van der Waals surface area contributed by atoms with Gasteiger partial charge < -0.3 is 10.4 Å². The van der Waals surface area contributed by atoms with Crippen molar-refractivity contribution < 1.29 is 14.7 Å². The van der Waals surface area contributed by atoms with Crippen molar-refractivity contribution in [1.82, 2.24) is 5.32 Å². The summed E-state index contributed by atoms with van der Waals surface area (Å²) >= 11 is 0. The third-order valence-electron chi connectivity index (χ3n) is 4.80. The minimum absolute atomic E-state index is 0.236. The van der Waals surface area contributed by atoms with Crippen molar-refractivity contribution in [3.63, 3.8) is 0 Å². The maximum Gasteiger partial charge on any atom is 0.222 e. The summed E-state index contributed by atoms with van der Waals surface area (Å²) in [6.07, 6.45) is 17.2. The van der Waals surface area contributed by atoms with Gasteiger partial charge in [-0.15, -0.1) is 13.2 Å². The number of Topliss-reactive ketones (excluding diaryl/α,β-unsaturated/α-hetero) is 1. The molecule has 0 saturated carbocycles. The molecule has 4 heteroatoms. The molecule has 0 fully saturated rings. The molecule has 0 bridgehead atoms. The number of hydrogen-bond acceptors (Lipinski definition) is 4. The molecule has 2 N–H and O–H groups in total. The summed E-state index contributed by atoms with van der Waals surface area (Å²) in [6, 6.07) is 0. The van der Waals surface area contributed by atoms with Crippen LogP contribution in [0.15, 0.2) is 48.4 Å². The van der Waals surface area contributed by atoms with E-state index in [4.69, 9.17) is 0 Å². The van der Waals surface area contributed by atoms with Crippen molar-refractivity contribution in [2.45, 2.75) is 77.0 Å². The molecule has 4 nitrogen and oxygen atoms in total. The normalized spacial score (nSPS) is 14.3. The Hall–Kier alpha value is -2.10. The Labute approximate surface area is 164 Å². The summed E-state index contributed by atoms with van der Waals surface area (Å²) in [5.41, 5.74) is 0.579. The minimum Gasteiger partial charge on any atom is -0.504 e. The molecule has 0 radical (unpaired) electrons. The smallest absolute Gasteiger partial charge is 0.222 e. The first-order chi connectivity index (χ1) is 13.1. The third-order valence-corrected chi connectivity index (χ3v) is 4.80. The number of carbonyl (C=O) groups excluding carboxylic acids is 2. The van der Waals surface area contributed by atoms with Gasteiger partial charge in [-0.25, -0.2) is 0 Å². The molecule has 0 saturated heterocycles. The summed E-state index contributed by atoms with van der Waals surface area (Å²) in [5, 5.41) is 13.1. The van der Waals surface area contributed by atoms with E-state index in [1.807, 2.05) is 12.2 Å². The number of ketones is 2. The van der Waals surface area contributed by atoms with E-state index < -0.39 is 5.78 Å². The van der Waals surface area contributed by atoms with Crippen LogP contribution >= 0.6 is 0 Å². The van der Waals surface area contributed by atoms with Crippen LogP contribution in [0.2, 0.25) is 0 Å². The van der Waals surface area contributed by atoms with Crippen LogP contribution in [0.5, 0.6) is 0 Å². The first-order valence-corrected chi connectivity index (χ1v) is 10.3. The van der Waals surface area contributed by atoms with Crippen LogP contribution in [0.25, 0.3) is 0 Å². The van der Waals surface area contributed by atoms with E-state index in [1.165, 1.54) is 31.8 Å². The molecule has 1 aliphatic carbocycles. The maximum absolute atomic E-state index is 12.5. The summed E-state index contributed by atoms with van der Waals surface area (Å²) < 4.78 is 0. The lowest BCUT2D eigenvalue weighted by Gasteiger charge is -2.17. The molecule has 1 rings (SSSR count). The second-order valence-electron chi connectivity index (χ2n) is 7.09. The number of allylic oxidation sites excluding steroid dienone is 4. The zero-order valence-corrected chi connectivity index (χ0v) is 16.6. The Kier molecular flexibility index (Phi) is 11.9. The lowest BCUT2D eigenvalue weighted by Crippen LogP contribution is -2.28. The van der Waals surface area contributed by atoms with Gasteiger partial charge in [0.1, 0.15) is 0 Å². The number of aliphatic hydroxyl groups excluding tert-OH is 1. The molecule has 0 unspecified atom stereocenters. The highest BCUT2D eigenvalue weighted by Crippen LogP contribution is 2.22. The Morgan fingerprint density at radius 2 is 1.41 bits per heavy atom. The number of rotatable bonds is 16. The van der Waals surface area contributed by atoms with E-state index in [0.717, 1.165) is 44.9 Å². The molecule has 0 aromatic heterocycles. The van der Waals surface area contributed by atoms with Gasteiger partial charge in [-0.3, -0.25) is 9.59 Å². The van der Waals surface area contributed by atoms with Crippen molar-refractivity contribution in [3.05, 3.63) is 48.4 Å². The van der Waals surface area contributed by atoms with E-state index in [2.05, 4.69) is 18.5 Å². The van der Waals surface area contributed by atoms with Gasteiger partial charge in [0.2, 0.25) is 11.6 Å². The van der Waals surface area contributed by atoms with Crippen molar-refractivity contribution >= 4 is 11.6 Å². The van der Waals surface area contributed by atoms with Gasteiger partial charge >= 0.3 is 0 Å². The van der Waals surface area contributed by atoms with Gasteiger partial charge in [0.25, 0.3) is 0 Å². The minimum atomic E-state index is -0.472. The van der Waals surface area contributed by atoms with Gasteiger partial charge in [0.15, 0.2) is 5.76 Å². The van der Waals surface area contributed by atoms with E-state index in [1.54, 1.807) is 0 Å². The van der Waals surface area contributed by atoms with Crippen molar-refractivity contribution in [1.29, 1.82) is 0 Å². The summed E-state index contributed by atoms with van der Waals surface area (Å²) in [4.78, 5) is 24.5. The predicted octanol–water partition coefficient (Wildman–Crippen LogP) is 5.48. The van der Waals surface area contributed by atoms with Crippen LogP contribution in [0.3, 0.4) is 0 Å². The van der Waals surface area contributed by atoms with E-state index in [0.29, 0.717) is 18.7 Å². The number of hydrogen-bond donors (Lipinski definition) is 2. The molecule has 1 aliphatic rings. The lowest BCUT2D eigenvalue weighted by atomic mass is 9.93. The van der Waals surface area contributed by atoms with Gasteiger partial charge in [0, 0.05) is 18.2 Å². The van der Waals surface area contributed by atoms with Gasteiger partial charge in [-0.1, -0.05) is 44.3 Å². The van der Waals surface area contributed by atoms with Crippen LogP contribution in [-0.4, -0.2) is 23.2 Å². The Balaban J connectivity index is 2.33. The quantitative estimate of drug-likeness (QED) is 0.214. The van der Waals surface area contributed by atoms with Crippen LogP contribution in [-0.2, 0) is 9.59 Å². The number of carbonyl (C=O) groups is 2. The van der Waals surface area contributed by atoms with Crippen LogP contribution in [0.1, 0.15) is 77.0 Å². The average Bonchev–Trinajstić information content (AvgIpc) is 2.66. The van der Waals surface area contributed by atoms with Crippen LogP contribution in [0.4, 0.5) is 0 Å². The summed E-state index contributed by atoms with van der Waals surface area (Å²) in [6.45, 7) is 8.05. The highest BCUT2D eigenvalue weighted by Gasteiger charge is 2.27. The molecule has 0 atom stereocenters. The Morgan fingerprint density at radius 1 is 0.852 bits per heavy atom. The van der Waals surface area contributed by atoms with E-state index in [9.17, 15) is 14.7 Å². The first-order valence-electron chi connectivity index (χ1n) is 10.3. The maximum atomic E-state index is 12.5. The van der Waals surface area contributed by atoms with Crippen molar-refractivity contribution in [2.75, 3.05) is 6.54 Å². The topological polar surface area (TPSA) is 66.4 Å². The number of aliphatic hydroxyl groups is 1. The van der Waals surface area contributed by atoms with E-state index in [-0.39, 0.29) is 17.1 Å². The predicted molar refractivity (Wildman–Crippen MR) is 112 cm³/mol. The molecular weight excluding hydrogens is 338 g/mol. The zero-order chi connectivity index (χ0) is 19.9. The third kappa shape index (κ3) is 8.89. The molecule has 150 valence electrons. The SMILES string of the molecule is C=CCCCCCCCCCC1=C(O)C(=O)C=C(NCCCCC=C)C1=O. The largest absolute Gasteiger partial charge is 0.504 e. The fraction of sp³-hybridized carbons (Fsp3) is 0.565. The monoisotopic (exact) mass is 373 g/mol. The van der Waals surface area contributed by atoms with Crippen LogP contribution in [0, 0.1) is 0 Å². The highest BCUT2D eigenvalue weighted by molar-refractivity contribution is 6.21. The fourth-order valence-corrected chi connectivity index (χ4v) is 3.16. The molecular formula is C23H35NO3. The average molecular weight is 374 g/mol. The van der Waals surface area contributed by atoms with Crippen molar-refractivity contribution in [3.8, 4) is 0 Å². The van der Waals surface area contributed by atoms with Crippen molar-refractivity contribution in [2.24, 2.45) is 0 Å². The van der Waals surface area contributed by atoms with Gasteiger partial charge in [-0.2, -0.15) is 0 Å². The Morgan fingerprint density at radius 3 is 2.04 bits per heavy atom. The summed E-state index contributed by atoms with van der Waals surface area (Å²) in [7, 11) is 0. The molecule has 0 aromatic carbocycles. The molecule has 0 heterocycles. The zero-order valence-electron chi connectivity index (χ0n) is 16.6. The lowest BCUT2D eigenvalue weighted by molar-refractivity contribution is -0.118.